The SMILES string of the molecule is O=C(/C=C/CF)c1cc(O)ccc1O. The largest absolute Gasteiger partial charge is 0.508 e. The van der Waals surface area contributed by atoms with Crippen LogP contribution in [-0.2, 0) is 0 Å². The number of hydrogen-bond donors (Lipinski definition) is 2. The lowest BCUT2D eigenvalue weighted by Gasteiger charge is -2.00. The average Bonchev–Trinajstić information content (AvgIpc) is 2.18. The van der Waals surface area contributed by atoms with E-state index in [1.54, 1.807) is 0 Å². The van der Waals surface area contributed by atoms with Crippen molar-refractivity contribution in [2.45, 2.75) is 0 Å². The Hall–Kier alpha value is -1.84. The van der Waals surface area contributed by atoms with E-state index in [0.29, 0.717) is 0 Å². The molecule has 0 saturated carbocycles. The van der Waals surface area contributed by atoms with E-state index in [4.69, 9.17) is 5.11 Å². The lowest BCUT2D eigenvalue weighted by molar-refractivity contribution is 0.104. The Balaban J connectivity index is 3.00. The second kappa shape index (κ2) is 4.41. The zero-order chi connectivity index (χ0) is 10.6. The van der Waals surface area contributed by atoms with E-state index in [0.717, 1.165) is 18.2 Å². The Morgan fingerprint density at radius 2 is 2.14 bits per heavy atom. The number of carbonyl (C=O) groups is 1. The molecule has 0 aliphatic heterocycles. The normalized spacial score (nSPS) is 10.6. The van der Waals surface area contributed by atoms with Gasteiger partial charge >= 0.3 is 0 Å². The summed E-state index contributed by atoms with van der Waals surface area (Å²) in [5.41, 5.74) is -0.0466. The van der Waals surface area contributed by atoms with Crippen LogP contribution in [-0.4, -0.2) is 22.7 Å². The van der Waals surface area contributed by atoms with Crippen LogP contribution in [0.1, 0.15) is 10.4 Å². The van der Waals surface area contributed by atoms with Crippen molar-refractivity contribution in [1.82, 2.24) is 0 Å². The van der Waals surface area contributed by atoms with E-state index in [2.05, 4.69) is 0 Å². The van der Waals surface area contributed by atoms with Gasteiger partial charge in [0.15, 0.2) is 5.78 Å². The van der Waals surface area contributed by atoms with E-state index in [1.165, 1.54) is 12.1 Å². The molecular weight excluding hydrogens is 187 g/mol. The Labute approximate surface area is 80.1 Å². The van der Waals surface area contributed by atoms with Crippen LogP contribution in [0, 0.1) is 0 Å². The van der Waals surface area contributed by atoms with Crippen molar-refractivity contribution in [3.05, 3.63) is 35.9 Å². The molecule has 4 heteroatoms. The van der Waals surface area contributed by atoms with Crippen LogP contribution in [0.4, 0.5) is 4.39 Å². The van der Waals surface area contributed by atoms with Crippen molar-refractivity contribution in [3.8, 4) is 11.5 Å². The maximum absolute atomic E-state index is 11.7. The molecule has 2 N–H and O–H groups in total. The van der Waals surface area contributed by atoms with Gasteiger partial charge < -0.3 is 10.2 Å². The smallest absolute Gasteiger partial charge is 0.189 e. The molecule has 1 rings (SSSR count). The number of allylic oxidation sites excluding steroid dienone is 2. The van der Waals surface area contributed by atoms with Gasteiger partial charge in [0.1, 0.15) is 18.2 Å². The van der Waals surface area contributed by atoms with Crippen molar-refractivity contribution >= 4 is 5.78 Å². The fraction of sp³-hybridized carbons (Fsp3) is 0.100. The first-order valence-corrected chi connectivity index (χ1v) is 3.94. The Kier molecular flexibility index (Phi) is 3.23. The lowest BCUT2D eigenvalue weighted by Crippen LogP contribution is -1.94. The van der Waals surface area contributed by atoms with Crippen LogP contribution in [0.25, 0.3) is 0 Å². The number of carbonyl (C=O) groups excluding carboxylic acids is 1. The third-order valence-corrected chi connectivity index (χ3v) is 1.60. The van der Waals surface area contributed by atoms with Gasteiger partial charge in [-0.1, -0.05) is 0 Å². The molecule has 0 heterocycles. The third-order valence-electron chi connectivity index (χ3n) is 1.60. The second-order valence-electron chi connectivity index (χ2n) is 2.62. The Morgan fingerprint density at radius 3 is 2.79 bits per heavy atom. The van der Waals surface area contributed by atoms with Crippen LogP contribution < -0.4 is 0 Å². The standard InChI is InChI=1S/C10H9FO3/c11-5-1-2-9(13)8-6-7(12)3-4-10(8)14/h1-4,6,12,14H,5H2/b2-1+. The summed E-state index contributed by atoms with van der Waals surface area (Å²) in [5, 5.41) is 18.3. The highest BCUT2D eigenvalue weighted by Gasteiger charge is 2.08. The van der Waals surface area contributed by atoms with E-state index in [1.807, 2.05) is 0 Å². The molecule has 0 fully saturated rings. The molecule has 0 bridgehead atoms. The number of ketones is 1. The van der Waals surface area contributed by atoms with Crippen molar-refractivity contribution < 1.29 is 19.4 Å². The fourth-order valence-electron chi connectivity index (χ4n) is 0.963. The minimum atomic E-state index is -0.745. The number of benzene rings is 1. The van der Waals surface area contributed by atoms with Gasteiger partial charge in [-0.3, -0.25) is 4.79 Å². The fourth-order valence-corrected chi connectivity index (χ4v) is 0.963. The lowest BCUT2D eigenvalue weighted by atomic mass is 10.1. The summed E-state index contributed by atoms with van der Waals surface area (Å²) < 4.78 is 11.7. The highest BCUT2D eigenvalue weighted by atomic mass is 19.1. The quantitative estimate of drug-likeness (QED) is 0.440. The van der Waals surface area contributed by atoms with Gasteiger partial charge in [-0.2, -0.15) is 0 Å². The number of rotatable bonds is 3. The summed E-state index contributed by atoms with van der Waals surface area (Å²) in [7, 11) is 0. The van der Waals surface area contributed by atoms with Crippen LogP contribution in [0.15, 0.2) is 30.4 Å². The first-order valence-electron chi connectivity index (χ1n) is 3.94. The maximum Gasteiger partial charge on any atom is 0.189 e. The van der Waals surface area contributed by atoms with E-state index < -0.39 is 12.5 Å². The van der Waals surface area contributed by atoms with E-state index in [9.17, 15) is 14.3 Å². The van der Waals surface area contributed by atoms with Crippen LogP contribution in [0.3, 0.4) is 0 Å². The molecule has 0 saturated heterocycles. The maximum atomic E-state index is 11.7. The second-order valence-corrected chi connectivity index (χ2v) is 2.62. The van der Waals surface area contributed by atoms with E-state index in [-0.39, 0.29) is 17.1 Å². The summed E-state index contributed by atoms with van der Waals surface area (Å²) in [4.78, 5) is 11.3. The molecule has 0 spiro atoms. The van der Waals surface area contributed by atoms with Gasteiger partial charge in [-0.05, 0) is 30.4 Å². The highest BCUT2D eigenvalue weighted by Crippen LogP contribution is 2.22. The van der Waals surface area contributed by atoms with Gasteiger partial charge in [0.25, 0.3) is 0 Å². The monoisotopic (exact) mass is 196 g/mol. The third kappa shape index (κ3) is 2.32. The van der Waals surface area contributed by atoms with Gasteiger partial charge in [0, 0.05) is 0 Å². The zero-order valence-corrected chi connectivity index (χ0v) is 7.27. The molecule has 74 valence electrons. The van der Waals surface area contributed by atoms with Crippen LogP contribution >= 0.6 is 0 Å². The summed E-state index contributed by atoms with van der Waals surface area (Å²) in [5.74, 6) is -0.910. The number of halogens is 1. The minimum Gasteiger partial charge on any atom is -0.508 e. The average molecular weight is 196 g/mol. The van der Waals surface area contributed by atoms with Crippen LogP contribution in [0.5, 0.6) is 11.5 Å². The van der Waals surface area contributed by atoms with Crippen molar-refractivity contribution in [1.29, 1.82) is 0 Å². The molecule has 0 aromatic heterocycles. The summed E-state index contributed by atoms with van der Waals surface area (Å²) in [6.45, 7) is -0.745. The van der Waals surface area contributed by atoms with Gasteiger partial charge in [0.2, 0.25) is 0 Å². The van der Waals surface area contributed by atoms with Crippen molar-refractivity contribution in [2.24, 2.45) is 0 Å². The molecule has 0 amide bonds. The molecular formula is C10H9FO3. The molecule has 14 heavy (non-hydrogen) atoms. The molecule has 0 atom stereocenters. The topological polar surface area (TPSA) is 57.5 Å². The molecule has 0 unspecified atom stereocenters. The summed E-state index contributed by atoms with van der Waals surface area (Å²) >= 11 is 0. The molecule has 0 aliphatic rings. The van der Waals surface area contributed by atoms with Crippen molar-refractivity contribution in [3.63, 3.8) is 0 Å². The number of phenolic OH excluding ortho intramolecular Hbond substituents is 2. The summed E-state index contributed by atoms with van der Waals surface area (Å²) in [6.07, 6.45) is 2.04. The predicted octanol–water partition coefficient (Wildman–Crippen LogP) is 1.81. The number of aromatic hydroxyl groups is 2. The first kappa shape index (κ1) is 10.2. The Bertz CT molecular complexity index is 372. The van der Waals surface area contributed by atoms with E-state index >= 15 is 0 Å². The highest BCUT2D eigenvalue weighted by molar-refractivity contribution is 6.06. The number of phenols is 2. The predicted molar refractivity (Wildman–Crippen MR) is 49.2 cm³/mol. The molecule has 3 nitrogen and oxygen atoms in total. The first-order chi connectivity index (χ1) is 6.65. The zero-order valence-electron chi connectivity index (χ0n) is 7.27. The number of hydrogen-bond acceptors (Lipinski definition) is 3. The van der Waals surface area contributed by atoms with Gasteiger partial charge in [-0.25, -0.2) is 4.39 Å². The molecule has 1 aromatic carbocycles. The summed E-state index contributed by atoms with van der Waals surface area (Å²) in [6, 6.07) is 3.58. The van der Waals surface area contributed by atoms with Crippen LogP contribution in [0.2, 0.25) is 0 Å². The molecule has 1 aromatic rings. The number of alkyl halides is 1. The Morgan fingerprint density at radius 1 is 1.43 bits per heavy atom. The van der Waals surface area contributed by atoms with Gasteiger partial charge in [-0.15, -0.1) is 0 Å². The minimum absolute atomic E-state index is 0.0466. The van der Waals surface area contributed by atoms with Gasteiger partial charge in [0.05, 0.1) is 5.56 Å². The molecule has 0 radical (unpaired) electrons. The molecule has 0 aliphatic carbocycles. The van der Waals surface area contributed by atoms with Crippen molar-refractivity contribution in [2.75, 3.05) is 6.67 Å².